The van der Waals surface area contributed by atoms with Gasteiger partial charge in [0.05, 0.1) is 35.4 Å². The topological polar surface area (TPSA) is 93.1 Å². The number of ether oxygens (including phenoxy) is 2. The van der Waals surface area contributed by atoms with Gasteiger partial charge in [-0.15, -0.1) is 0 Å². The minimum Gasteiger partial charge on any atom is -0.507 e. The molecule has 4 rings (SSSR count). The zero-order valence-corrected chi connectivity index (χ0v) is 21.6. The maximum absolute atomic E-state index is 13.4. The number of Topliss-reactive ketones (excluding diaryl/α,β-unsaturated/α-hetero) is 1. The van der Waals surface area contributed by atoms with E-state index < -0.39 is 29.5 Å². The van der Waals surface area contributed by atoms with E-state index in [9.17, 15) is 19.5 Å². The molecule has 0 aromatic heterocycles. The van der Waals surface area contributed by atoms with Crippen LogP contribution in [-0.2, 0) is 14.3 Å². The van der Waals surface area contributed by atoms with E-state index in [2.05, 4.69) is 0 Å². The molecule has 7 nitrogen and oxygen atoms in total. The molecule has 0 bridgehead atoms. The van der Waals surface area contributed by atoms with Crippen molar-refractivity contribution in [3.8, 4) is 5.75 Å². The Balaban J connectivity index is 1.93. The van der Waals surface area contributed by atoms with Crippen LogP contribution in [0.15, 0.2) is 72.3 Å². The van der Waals surface area contributed by atoms with E-state index in [4.69, 9.17) is 21.1 Å². The zero-order chi connectivity index (χ0) is 26.9. The number of methoxy groups -OCH3 is 1. The molecule has 1 amide bonds. The molecule has 1 heterocycles. The van der Waals surface area contributed by atoms with Crippen LogP contribution in [0.3, 0.4) is 0 Å². The van der Waals surface area contributed by atoms with Gasteiger partial charge in [0.1, 0.15) is 11.5 Å². The van der Waals surface area contributed by atoms with Crippen LogP contribution in [0.1, 0.15) is 46.9 Å². The normalized spacial score (nSPS) is 16.8. The van der Waals surface area contributed by atoms with Gasteiger partial charge in [0.2, 0.25) is 0 Å². The Bertz CT molecular complexity index is 1430. The highest BCUT2D eigenvalue weighted by atomic mass is 35.5. The molecular formula is C29H26ClNO6. The molecule has 0 aliphatic carbocycles. The summed E-state index contributed by atoms with van der Waals surface area (Å²) in [7, 11) is 1.47. The number of esters is 1. The lowest BCUT2D eigenvalue weighted by Gasteiger charge is -2.26. The average Bonchev–Trinajstić information content (AvgIpc) is 3.14. The minimum absolute atomic E-state index is 0.124. The second-order valence-electron chi connectivity index (χ2n) is 8.93. The Morgan fingerprint density at radius 2 is 1.76 bits per heavy atom. The van der Waals surface area contributed by atoms with E-state index in [0.29, 0.717) is 17.0 Å². The van der Waals surface area contributed by atoms with Gasteiger partial charge < -0.3 is 14.6 Å². The van der Waals surface area contributed by atoms with Gasteiger partial charge in [-0.3, -0.25) is 14.5 Å². The maximum Gasteiger partial charge on any atom is 0.338 e. The summed E-state index contributed by atoms with van der Waals surface area (Å²) in [4.78, 5) is 40.7. The number of aryl methyl sites for hydroxylation is 1. The van der Waals surface area contributed by atoms with Gasteiger partial charge in [0.15, 0.2) is 0 Å². The summed E-state index contributed by atoms with van der Waals surface area (Å²) in [5, 5.41) is 11.6. The quantitative estimate of drug-likeness (QED) is 0.190. The third-order valence-corrected chi connectivity index (χ3v) is 6.26. The van der Waals surface area contributed by atoms with Crippen molar-refractivity contribution in [1.29, 1.82) is 0 Å². The average molecular weight is 520 g/mol. The van der Waals surface area contributed by atoms with Crippen LogP contribution < -0.4 is 9.64 Å². The van der Waals surface area contributed by atoms with Crippen molar-refractivity contribution in [2.24, 2.45) is 0 Å². The Morgan fingerprint density at radius 3 is 2.43 bits per heavy atom. The molecule has 1 N–H and O–H groups in total. The molecule has 1 atom stereocenters. The standard InChI is InChI=1S/C29H26ClNO6/c1-16(2)37-29(35)19-9-6-10-20(14-19)31-25(18-8-5-7-17(3)13-18)24(27(33)28(31)34)26(32)22-15-21(36-4)11-12-23(22)30/h5-16,25,32H,1-4H3/b26-24+. The van der Waals surface area contributed by atoms with Crippen LogP contribution >= 0.6 is 11.6 Å². The van der Waals surface area contributed by atoms with E-state index in [1.165, 1.54) is 30.2 Å². The first-order valence-electron chi connectivity index (χ1n) is 11.6. The number of carbonyl (C=O) groups excluding carboxylic acids is 3. The predicted octanol–water partition coefficient (Wildman–Crippen LogP) is 5.85. The first-order valence-corrected chi connectivity index (χ1v) is 12.0. The fourth-order valence-corrected chi connectivity index (χ4v) is 4.48. The highest BCUT2D eigenvalue weighted by Gasteiger charge is 2.47. The summed E-state index contributed by atoms with van der Waals surface area (Å²) in [6, 6.07) is 17.3. The van der Waals surface area contributed by atoms with Gasteiger partial charge in [0, 0.05) is 11.3 Å². The molecule has 190 valence electrons. The van der Waals surface area contributed by atoms with Gasteiger partial charge in [-0.05, 0) is 62.7 Å². The number of hydrogen-bond donors (Lipinski definition) is 1. The molecule has 37 heavy (non-hydrogen) atoms. The lowest BCUT2D eigenvalue weighted by Crippen LogP contribution is -2.29. The van der Waals surface area contributed by atoms with E-state index in [1.807, 2.05) is 19.1 Å². The molecule has 3 aromatic rings. The van der Waals surface area contributed by atoms with Crippen LogP contribution in [0.4, 0.5) is 5.69 Å². The van der Waals surface area contributed by atoms with Crippen LogP contribution in [0.5, 0.6) is 5.75 Å². The molecule has 0 spiro atoms. The molecule has 1 aliphatic heterocycles. The second kappa shape index (κ2) is 10.5. The molecule has 3 aromatic carbocycles. The Hall–Kier alpha value is -4.10. The van der Waals surface area contributed by atoms with Crippen molar-refractivity contribution in [1.82, 2.24) is 0 Å². The molecule has 1 fully saturated rings. The number of amides is 1. The highest BCUT2D eigenvalue weighted by molar-refractivity contribution is 6.52. The lowest BCUT2D eigenvalue weighted by molar-refractivity contribution is -0.132. The van der Waals surface area contributed by atoms with Crippen molar-refractivity contribution in [3.63, 3.8) is 0 Å². The van der Waals surface area contributed by atoms with Gasteiger partial charge >= 0.3 is 5.97 Å². The Kier molecular flexibility index (Phi) is 7.36. The molecule has 0 radical (unpaired) electrons. The van der Waals surface area contributed by atoms with Crippen LogP contribution in [0.2, 0.25) is 5.02 Å². The van der Waals surface area contributed by atoms with Crippen LogP contribution in [-0.4, -0.2) is 36.0 Å². The summed E-state index contributed by atoms with van der Waals surface area (Å²) >= 11 is 6.37. The minimum atomic E-state index is -0.974. The van der Waals surface area contributed by atoms with E-state index in [0.717, 1.165) is 5.56 Å². The number of aliphatic hydroxyl groups excluding tert-OH is 1. The molecule has 8 heteroatoms. The molecular weight excluding hydrogens is 494 g/mol. The number of carbonyl (C=O) groups is 3. The number of benzene rings is 3. The summed E-state index contributed by atoms with van der Waals surface area (Å²) in [6.45, 7) is 5.36. The molecule has 1 aliphatic rings. The highest BCUT2D eigenvalue weighted by Crippen LogP contribution is 2.43. The van der Waals surface area contributed by atoms with Gasteiger partial charge in [-0.25, -0.2) is 4.79 Å². The second-order valence-corrected chi connectivity index (χ2v) is 9.34. The summed E-state index contributed by atoms with van der Waals surface area (Å²) in [6.07, 6.45) is -0.328. The summed E-state index contributed by atoms with van der Waals surface area (Å²) in [5.74, 6) is -2.28. The predicted molar refractivity (Wildman–Crippen MR) is 141 cm³/mol. The van der Waals surface area contributed by atoms with Crippen molar-refractivity contribution < 1.29 is 29.0 Å². The Morgan fingerprint density at radius 1 is 1.03 bits per heavy atom. The van der Waals surface area contributed by atoms with Crippen LogP contribution in [0.25, 0.3) is 5.76 Å². The maximum atomic E-state index is 13.4. The zero-order valence-electron chi connectivity index (χ0n) is 20.8. The monoisotopic (exact) mass is 519 g/mol. The van der Waals surface area contributed by atoms with E-state index in [-0.39, 0.29) is 27.8 Å². The van der Waals surface area contributed by atoms with Gasteiger partial charge in [-0.1, -0.05) is 47.5 Å². The van der Waals surface area contributed by atoms with Crippen molar-refractivity contribution in [2.45, 2.75) is 32.9 Å². The number of ketones is 1. The molecule has 0 saturated carbocycles. The smallest absolute Gasteiger partial charge is 0.338 e. The summed E-state index contributed by atoms with van der Waals surface area (Å²) < 4.78 is 10.5. The fraction of sp³-hybridized carbons (Fsp3) is 0.207. The van der Waals surface area contributed by atoms with Crippen molar-refractivity contribution in [3.05, 3.63) is 99.6 Å². The number of halogens is 1. The number of hydrogen-bond acceptors (Lipinski definition) is 6. The first kappa shape index (κ1) is 26.0. The lowest BCUT2D eigenvalue weighted by atomic mass is 9.94. The third kappa shape index (κ3) is 5.08. The first-order chi connectivity index (χ1) is 17.6. The third-order valence-electron chi connectivity index (χ3n) is 5.93. The number of rotatable bonds is 6. The van der Waals surface area contributed by atoms with Crippen molar-refractivity contribution in [2.75, 3.05) is 12.0 Å². The number of aliphatic hydroxyl groups is 1. The van der Waals surface area contributed by atoms with Crippen molar-refractivity contribution >= 4 is 40.7 Å². The SMILES string of the molecule is COc1ccc(Cl)c(/C(O)=C2\C(=O)C(=O)N(c3cccc(C(=O)OC(C)C)c3)C2c2cccc(C)c2)c1. The van der Waals surface area contributed by atoms with E-state index in [1.54, 1.807) is 50.2 Å². The Labute approximate surface area is 219 Å². The molecule has 1 unspecified atom stereocenters. The van der Waals surface area contributed by atoms with Crippen LogP contribution in [0, 0.1) is 6.92 Å². The van der Waals surface area contributed by atoms with E-state index >= 15 is 0 Å². The largest absolute Gasteiger partial charge is 0.507 e. The van der Waals surface area contributed by atoms with Gasteiger partial charge in [-0.2, -0.15) is 0 Å². The molecule has 1 saturated heterocycles. The summed E-state index contributed by atoms with van der Waals surface area (Å²) in [5.41, 5.74) is 2.08. The fourth-order valence-electron chi connectivity index (χ4n) is 4.28. The number of nitrogens with zero attached hydrogens (tertiary/aromatic N) is 1. The number of anilines is 1. The van der Waals surface area contributed by atoms with Gasteiger partial charge in [0.25, 0.3) is 11.7 Å².